The maximum Gasteiger partial charge on any atom is 0.255 e. The first-order valence-electron chi connectivity index (χ1n) is 11.1. The molecular weight excluding hydrogens is 455 g/mol. The summed E-state index contributed by atoms with van der Waals surface area (Å²) in [5, 5.41) is 13.9. The van der Waals surface area contributed by atoms with Crippen LogP contribution < -0.4 is 14.8 Å². The molecule has 0 radical (unpaired) electrons. The molecule has 2 N–H and O–H groups in total. The zero-order chi connectivity index (χ0) is 24.4. The second kappa shape index (κ2) is 9.73. The standard InChI is InChI=1S/C26H23FN2O6/c27-19-6-1-16(2-7-19)12-29-21(13-33-14-24(29)30)25(31)17-3-8-20(9-4-17)28-26(32)18-5-10-22-23(11-18)35-15-34-22/h1-11,21,25,31H,12-15H2,(H,28,32). The third-order valence-corrected chi connectivity index (χ3v) is 6.01. The Morgan fingerprint density at radius 2 is 1.80 bits per heavy atom. The fourth-order valence-corrected chi connectivity index (χ4v) is 4.11. The summed E-state index contributed by atoms with van der Waals surface area (Å²) in [6.45, 7) is 0.447. The first-order valence-corrected chi connectivity index (χ1v) is 11.1. The van der Waals surface area contributed by atoms with Crippen LogP contribution in [0.15, 0.2) is 66.7 Å². The molecule has 8 nitrogen and oxygen atoms in total. The van der Waals surface area contributed by atoms with Crippen LogP contribution in [0.5, 0.6) is 11.5 Å². The molecule has 0 spiro atoms. The first kappa shape index (κ1) is 22.8. The number of amides is 2. The molecule has 1 saturated heterocycles. The van der Waals surface area contributed by atoms with Gasteiger partial charge in [-0.05, 0) is 53.6 Å². The second-order valence-corrected chi connectivity index (χ2v) is 8.32. The number of fused-ring (bicyclic) bond motifs is 1. The number of benzene rings is 3. The van der Waals surface area contributed by atoms with Gasteiger partial charge in [0.15, 0.2) is 11.5 Å². The van der Waals surface area contributed by atoms with Crippen LogP contribution in [-0.4, -0.2) is 47.9 Å². The number of carbonyl (C=O) groups is 2. The lowest BCUT2D eigenvalue weighted by molar-refractivity contribution is -0.155. The number of ether oxygens (including phenoxy) is 3. The molecule has 2 atom stereocenters. The number of anilines is 1. The van der Waals surface area contributed by atoms with Crippen molar-refractivity contribution in [1.82, 2.24) is 4.90 Å². The smallest absolute Gasteiger partial charge is 0.255 e. The topological polar surface area (TPSA) is 97.3 Å². The predicted octanol–water partition coefficient (Wildman–Crippen LogP) is 3.27. The third-order valence-electron chi connectivity index (χ3n) is 6.01. The zero-order valence-corrected chi connectivity index (χ0v) is 18.6. The normalized spacial score (nSPS) is 17.8. The van der Waals surface area contributed by atoms with Crippen molar-refractivity contribution in [3.8, 4) is 11.5 Å². The number of nitrogens with zero attached hydrogens (tertiary/aromatic N) is 1. The number of halogens is 1. The maximum atomic E-state index is 13.3. The highest BCUT2D eigenvalue weighted by Gasteiger charge is 2.34. The summed E-state index contributed by atoms with van der Waals surface area (Å²) in [6.07, 6.45) is -1.02. The highest BCUT2D eigenvalue weighted by Crippen LogP contribution is 2.33. The molecule has 3 aromatic rings. The van der Waals surface area contributed by atoms with E-state index in [0.717, 1.165) is 5.56 Å². The van der Waals surface area contributed by atoms with E-state index < -0.39 is 12.1 Å². The Hall–Kier alpha value is -3.95. The molecule has 0 aromatic heterocycles. The van der Waals surface area contributed by atoms with Crippen molar-refractivity contribution in [2.45, 2.75) is 18.7 Å². The molecule has 0 aliphatic carbocycles. The Labute approximate surface area is 200 Å². The zero-order valence-electron chi connectivity index (χ0n) is 18.6. The summed E-state index contributed by atoms with van der Waals surface area (Å²) in [6, 6.07) is 17.0. The lowest BCUT2D eigenvalue weighted by Crippen LogP contribution is -2.51. The Morgan fingerprint density at radius 1 is 1.06 bits per heavy atom. The number of morpholine rings is 1. The fourth-order valence-electron chi connectivity index (χ4n) is 4.11. The molecule has 2 unspecified atom stereocenters. The molecule has 5 rings (SSSR count). The molecule has 180 valence electrons. The van der Waals surface area contributed by atoms with Gasteiger partial charge in [0.1, 0.15) is 18.5 Å². The van der Waals surface area contributed by atoms with Crippen LogP contribution in [0.4, 0.5) is 10.1 Å². The number of nitrogens with one attached hydrogen (secondary N) is 1. The average Bonchev–Trinajstić information content (AvgIpc) is 3.34. The summed E-state index contributed by atoms with van der Waals surface area (Å²) in [4.78, 5) is 26.7. The molecule has 2 amide bonds. The molecule has 1 fully saturated rings. The summed E-state index contributed by atoms with van der Waals surface area (Å²) in [5.41, 5.74) is 2.29. The molecule has 2 heterocycles. The molecule has 0 bridgehead atoms. The molecule has 2 aliphatic heterocycles. The number of aliphatic hydroxyl groups excluding tert-OH is 1. The second-order valence-electron chi connectivity index (χ2n) is 8.32. The maximum absolute atomic E-state index is 13.3. The van der Waals surface area contributed by atoms with E-state index >= 15 is 0 Å². The van der Waals surface area contributed by atoms with Crippen LogP contribution in [-0.2, 0) is 16.1 Å². The minimum Gasteiger partial charge on any atom is -0.454 e. The monoisotopic (exact) mass is 478 g/mol. The van der Waals surface area contributed by atoms with Gasteiger partial charge in [-0.15, -0.1) is 0 Å². The van der Waals surface area contributed by atoms with Gasteiger partial charge in [-0.2, -0.15) is 0 Å². The summed E-state index contributed by atoms with van der Waals surface area (Å²) < 4.78 is 29.2. The first-order chi connectivity index (χ1) is 17.0. The Bertz CT molecular complexity index is 1230. The van der Waals surface area contributed by atoms with E-state index in [1.807, 2.05) is 0 Å². The van der Waals surface area contributed by atoms with E-state index in [9.17, 15) is 19.1 Å². The van der Waals surface area contributed by atoms with Crippen molar-refractivity contribution >= 4 is 17.5 Å². The van der Waals surface area contributed by atoms with Gasteiger partial charge >= 0.3 is 0 Å². The van der Waals surface area contributed by atoms with Crippen molar-refractivity contribution in [3.05, 3.63) is 89.2 Å². The van der Waals surface area contributed by atoms with Crippen molar-refractivity contribution in [1.29, 1.82) is 0 Å². The largest absolute Gasteiger partial charge is 0.454 e. The predicted molar refractivity (Wildman–Crippen MR) is 123 cm³/mol. The van der Waals surface area contributed by atoms with Gasteiger partial charge in [-0.1, -0.05) is 24.3 Å². The van der Waals surface area contributed by atoms with Gasteiger partial charge in [0.25, 0.3) is 5.91 Å². The van der Waals surface area contributed by atoms with Gasteiger partial charge < -0.3 is 29.5 Å². The van der Waals surface area contributed by atoms with Crippen LogP contribution in [0.25, 0.3) is 0 Å². The minimum atomic E-state index is -1.02. The SMILES string of the molecule is O=C(Nc1ccc(C(O)C2COCC(=O)N2Cc2ccc(F)cc2)cc1)c1ccc2c(c1)OCO2. The number of rotatable bonds is 6. The molecular formula is C26H23FN2O6. The van der Waals surface area contributed by atoms with Gasteiger partial charge in [0.2, 0.25) is 12.7 Å². The molecule has 2 aliphatic rings. The average molecular weight is 478 g/mol. The van der Waals surface area contributed by atoms with E-state index in [1.165, 1.54) is 12.1 Å². The molecule has 35 heavy (non-hydrogen) atoms. The van der Waals surface area contributed by atoms with E-state index in [2.05, 4.69) is 5.32 Å². The lowest BCUT2D eigenvalue weighted by atomic mass is 9.99. The number of carbonyl (C=O) groups excluding carboxylic acids is 2. The van der Waals surface area contributed by atoms with Crippen molar-refractivity contribution in [2.24, 2.45) is 0 Å². The van der Waals surface area contributed by atoms with Gasteiger partial charge in [0.05, 0.1) is 12.6 Å². The Balaban J connectivity index is 1.27. The fraction of sp³-hybridized carbons (Fsp3) is 0.231. The van der Waals surface area contributed by atoms with Crippen LogP contribution >= 0.6 is 0 Å². The quantitative estimate of drug-likeness (QED) is 0.565. The summed E-state index contributed by atoms with van der Waals surface area (Å²) in [5.74, 6) is 0.194. The van der Waals surface area contributed by atoms with E-state index in [1.54, 1.807) is 59.5 Å². The lowest BCUT2D eigenvalue weighted by Gasteiger charge is -2.38. The number of aliphatic hydroxyl groups is 1. The molecule has 3 aromatic carbocycles. The summed E-state index contributed by atoms with van der Waals surface area (Å²) in [7, 11) is 0. The highest BCUT2D eigenvalue weighted by molar-refractivity contribution is 6.04. The van der Waals surface area contributed by atoms with Crippen molar-refractivity contribution < 1.29 is 33.3 Å². The third kappa shape index (κ3) is 4.96. The number of hydrogen-bond acceptors (Lipinski definition) is 6. The van der Waals surface area contributed by atoms with Crippen molar-refractivity contribution in [3.63, 3.8) is 0 Å². The Kier molecular flexibility index (Phi) is 6.35. The molecule has 0 saturated carbocycles. The Morgan fingerprint density at radius 3 is 2.57 bits per heavy atom. The van der Waals surface area contributed by atoms with Gasteiger partial charge in [-0.25, -0.2) is 4.39 Å². The highest BCUT2D eigenvalue weighted by atomic mass is 19.1. The van der Waals surface area contributed by atoms with Crippen LogP contribution in [0.1, 0.15) is 27.6 Å². The minimum absolute atomic E-state index is 0.0742. The number of hydrogen-bond donors (Lipinski definition) is 2. The van der Waals surface area contributed by atoms with Crippen LogP contribution in [0.2, 0.25) is 0 Å². The van der Waals surface area contributed by atoms with Crippen LogP contribution in [0.3, 0.4) is 0 Å². The van der Waals surface area contributed by atoms with Gasteiger partial charge in [-0.3, -0.25) is 9.59 Å². The van der Waals surface area contributed by atoms with E-state index in [0.29, 0.717) is 28.3 Å². The van der Waals surface area contributed by atoms with E-state index in [4.69, 9.17) is 14.2 Å². The van der Waals surface area contributed by atoms with Crippen molar-refractivity contribution in [2.75, 3.05) is 25.3 Å². The van der Waals surface area contributed by atoms with Crippen LogP contribution in [0, 0.1) is 5.82 Å². The summed E-state index contributed by atoms with van der Waals surface area (Å²) >= 11 is 0. The van der Waals surface area contributed by atoms with Gasteiger partial charge in [0, 0.05) is 17.8 Å². The van der Waals surface area contributed by atoms with E-state index in [-0.39, 0.29) is 44.2 Å². The molecule has 9 heteroatoms.